The summed E-state index contributed by atoms with van der Waals surface area (Å²) < 4.78 is 0. The number of unbranched alkanes of at least 4 members (excludes halogenated alkanes) is 1. The number of rotatable bonds is 7. The predicted molar refractivity (Wildman–Crippen MR) is 83.7 cm³/mol. The molecule has 112 valence electrons. The highest BCUT2D eigenvalue weighted by atomic mass is 35.5. The molecule has 0 aromatic heterocycles. The number of nitrogens with zero attached hydrogens (tertiary/aromatic N) is 1. The van der Waals surface area contributed by atoms with E-state index in [2.05, 4.69) is 12.2 Å². The summed E-state index contributed by atoms with van der Waals surface area (Å²) in [5.41, 5.74) is 0.495. The average Bonchev–Trinajstić information content (AvgIpc) is 2.44. The van der Waals surface area contributed by atoms with Crippen molar-refractivity contribution in [3.63, 3.8) is 0 Å². The highest BCUT2D eigenvalue weighted by molar-refractivity contribution is 6.43. The number of carbonyl (C=O) groups is 1. The van der Waals surface area contributed by atoms with Gasteiger partial charge in [-0.2, -0.15) is 0 Å². The molecule has 20 heavy (non-hydrogen) atoms. The lowest BCUT2D eigenvalue weighted by Crippen LogP contribution is -2.36. The van der Waals surface area contributed by atoms with E-state index < -0.39 is 0 Å². The smallest absolute Gasteiger partial charge is 0.321 e. The SMILES string of the molecule is CCCCN(CCCO)C(=O)Nc1cccc(Cl)c1Cl. The second-order valence-electron chi connectivity index (χ2n) is 4.45. The molecule has 0 atom stereocenters. The number of aliphatic hydroxyl groups is 1. The quantitative estimate of drug-likeness (QED) is 0.798. The Bertz CT molecular complexity index is 433. The van der Waals surface area contributed by atoms with Crippen LogP contribution in [0, 0.1) is 0 Å². The van der Waals surface area contributed by atoms with Gasteiger partial charge < -0.3 is 15.3 Å². The van der Waals surface area contributed by atoms with E-state index in [1.807, 2.05) is 0 Å². The highest BCUT2D eigenvalue weighted by Crippen LogP contribution is 2.29. The number of nitrogens with one attached hydrogen (secondary N) is 1. The van der Waals surface area contributed by atoms with Gasteiger partial charge in [-0.3, -0.25) is 0 Å². The molecule has 6 heteroatoms. The van der Waals surface area contributed by atoms with E-state index >= 15 is 0 Å². The molecule has 0 aliphatic rings. The minimum Gasteiger partial charge on any atom is -0.396 e. The lowest BCUT2D eigenvalue weighted by molar-refractivity contribution is 0.201. The Morgan fingerprint density at radius 1 is 1.30 bits per heavy atom. The van der Waals surface area contributed by atoms with Crippen molar-refractivity contribution in [2.24, 2.45) is 0 Å². The van der Waals surface area contributed by atoms with Gasteiger partial charge in [-0.25, -0.2) is 4.79 Å². The maximum Gasteiger partial charge on any atom is 0.321 e. The molecule has 0 aliphatic heterocycles. The maximum atomic E-state index is 12.2. The van der Waals surface area contributed by atoms with Crippen molar-refractivity contribution in [2.75, 3.05) is 25.0 Å². The fourth-order valence-corrected chi connectivity index (χ4v) is 2.07. The lowest BCUT2D eigenvalue weighted by atomic mass is 10.3. The van der Waals surface area contributed by atoms with Crippen LogP contribution < -0.4 is 5.32 Å². The van der Waals surface area contributed by atoms with Crippen molar-refractivity contribution in [1.29, 1.82) is 0 Å². The summed E-state index contributed by atoms with van der Waals surface area (Å²) in [7, 11) is 0. The fourth-order valence-electron chi connectivity index (χ4n) is 1.72. The fraction of sp³-hybridized carbons (Fsp3) is 0.500. The van der Waals surface area contributed by atoms with E-state index in [0.717, 1.165) is 12.8 Å². The molecule has 0 saturated carbocycles. The molecule has 0 unspecified atom stereocenters. The van der Waals surface area contributed by atoms with Crippen molar-refractivity contribution in [1.82, 2.24) is 4.90 Å². The molecule has 0 aliphatic carbocycles. The van der Waals surface area contributed by atoms with Crippen LogP contribution in [0.25, 0.3) is 0 Å². The van der Waals surface area contributed by atoms with Crippen LogP contribution in [0.2, 0.25) is 10.0 Å². The van der Waals surface area contributed by atoms with Crippen molar-refractivity contribution in [2.45, 2.75) is 26.2 Å². The van der Waals surface area contributed by atoms with Crippen LogP contribution in [0.5, 0.6) is 0 Å². The van der Waals surface area contributed by atoms with Crippen LogP contribution in [0.1, 0.15) is 26.2 Å². The van der Waals surface area contributed by atoms with E-state index in [1.165, 1.54) is 0 Å². The van der Waals surface area contributed by atoms with Crippen molar-refractivity contribution in [3.05, 3.63) is 28.2 Å². The van der Waals surface area contributed by atoms with Crippen molar-refractivity contribution in [3.8, 4) is 0 Å². The molecule has 1 aromatic carbocycles. The third kappa shape index (κ3) is 5.19. The zero-order chi connectivity index (χ0) is 15.0. The van der Waals surface area contributed by atoms with Gasteiger partial charge in [-0.15, -0.1) is 0 Å². The number of benzene rings is 1. The molecule has 0 fully saturated rings. The Labute approximate surface area is 129 Å². The third-order valence-electron chi connectivity index (χ3n) is 2.85. The number of aliphatic hydroxyl groups excluding tert-OH is 1. The summed E-state index contributed by atoms with van der Waals surface area (Å²) in [6, 6.07) is 4.88. The van der Waals surface area contributed by atoms with E-state index in [-0.39, 0.29) is 12.6 Å². The summed E-state index contributed by atoms with van der Waals surface area (Å²) in [5.74, 6) is 0. The van der Waals surface area contributed by atoms with Crippen LogP contribution in [-0.2, 0) is 0 Å². The average molecular weight is 319 g/mol. The number of amides is 2. The van der Waals surface area contributed by atoms with Gasteiger partial charge in [0.05, 0.1) is 15.7 Å². The van der Waals surface area contributed by atoms with Crippen molar-refractivity contribution >= 4 is 34.9 Å². The normalized spacial score (nSPS) is 10.4. The molecule has 0 heterocycles. The molecular weight excluding hydrogens is 299 g/mol. The van der Waals surface area contributed by atoms with Crippen molar-refractivity contribution < 1.29 is 9.90 Å². The molecular formula is C14H20Cl2N2O2. The van der Waals surface area contributed by atoms with Crippen LogP contribution in [0.15, 0.2) is 18.2 Å². The standard InChI is InChI=1S/C14H20Cl2N2O2/c1-2-3-8-18(9-5-10-19)14(20)17-12-7-4-6-11(15)13(12)16/h4,6-7,19H,2-3,5,8-10H2,1H3,(H,17,20). The van der Waals surface area contributed by atoms with Gasteiger partial charge in [-0.1, -0.05) is 42.6 Å². The van der Waals surface area contributed by atoms with Gasteiger partial charge in [0.25, 0.3) is 0 Å². The molecule has 0 radical (unpaired) electrons. The van der Waals surface area contributed by atoms with Gasteiger partial charge in [0.1, 0.15) is 0 Å². The zero-order valence-corrected chi connectivity index (χ0v) is 13.0. The van der Waals surface area contributed by atoms with Gasteiger partial charge in [0.15, 0.2) is 0 Å². The summed E-state index contributed by atoms with van der Waals surface area (Å²) in [6.07, 6.45) is 2.48. The Morgan fingerprint density at radius 3 is 2.65 bits per heavy atom. The van der Waals surface area contributed by atoms with Gasteiger partial charge in [-0.05, 0) is 25.0 Å². The first kappa shape index (κ1) is 17.1. The third-order valence-corrected chi connectivity index (χ3v) is 3.67. The molecule has 2 amide bonds. The molecule has 0 spiro atoms. The Balaban J connectivity index is 2.71. The minimum atomic E-state index is -0.226. The number of anilines is 1. The summed E-state index contributed by atoms with van der Waals surface area (Å²) >= 11 is 12.0. The van der Waals surface area contributed by atoms with E-state index in [0.29, 0.717) is 35.2 Å². The molecule has 0 bridgehead atoms. The summed E-state index contributed by atoms with van der Waals surface area (Å²) in [4.78, 5) is 13.9. The summed E-state index contributed by atoms with van der Waals surface area (Å²) in [6.45, 7) is 3.30. The van der Waals surface area contributed by atoms with Crippen LogP contribution in [-0.4, -0.2) is 35.7 Å². The molecule has 1 rings (SSSR count). The Hall–Kier alpha value is -0.970. The number of halogens is 2. The highest BCUT2D eigenvalue weighted by Gasteiger charge is 2.14. The summed E-state index contributed by atoms with van der Waals surface area (Å²) in [5, 5.41) is 12.4. The van der Waals surface area contributed by atoms with E-state index in [1.54, 1.807) is 23.1 Å². The maximum absolute atomic E-state index is 12.2. The number of carbonyl (C=O) groups excluding carboxylic acids is 1. The van der Waals surface area contributed by atoms with Crippen LogP contribution >= 0.6 is 23.2 Å². The van der Waals surface area contributed by atoms with E-state index in [9.17, 15) is 4.79 Å². The first-order valence-corrected chi connectivity index (χ1v) is 7.46. The lowest BCUT2D eigenvalue weighted by Gasteiger charge is -2.23. The topological polar surface area (TPSA) is 52.6 Å². The van der Waals surface area contributed by atoms with E-state index in [4.69, 9.17) is 28.3 Å². The zero-order valence-electron chi connectivity index (χ0n) is 11.5. The number of hydrogen-bond donors (Lipinski definition) is 2. The van der Waals surface area contributed by atoms with Gasteiger partial charge in [0, 0.05) is 19.7 Å². The van der Waals surface area contributed by atoms with Gasteiger partial charge >= 0.3 is 6.03 Å². The largest absolute Gasteiger partial charge is 0.396 e. The number of hydrogen-bond acceptors (Lipinski definition) is 2. The first-order chi connectivity index (χ1) is 9.60. The van der Waals surface area contributed by atoms with Gasteiger partial charge in [0.2, 0.25) is 0 Å². The number of urea groups is 1. The van der Waals surface area contributed by atoms with Crippen LogP contribution in [0.3, 0.4) is 0 Å². The second kappa shape index (κ2) is 9.06. The minimum absolute atomic E-state index is 0.0633. The molecule has 4 nitrogen and oxygen atoms in total. The molecule has 2 N–H and O–H groups in total. The molecule has 0 saturated heterocycles. The predicted octanol–water partition coefficient (Wildman–Crippen LogP) is 4.01. The Kier molecular flexibility index (Phi) is 7.73. The Morgan fingerprint density at radius 2 is 2.00 bits per heavy atom. The van der Waals surface area contributed by atoms with Crippen LogP contribution in [0.4, 0.5) is 10.5 Å². The molecule has 1 aromatic rings. The first-order valence-electron chi connectivity index (χ1n) is 6.71. The monoisotopic (exact) mass is 318 g/mol. The second-order valence-corrected chi connectivity index (χ2v) is 5.23.